The summed E-state index contributed by atoms with van der Waals surface area (Å²) in [5, 5.41) is 15.3. The fourth-order valence-electron chi connectivity index (χ4n) is 3.19. The molecule has 1 aliphatic heterocycles. The number of primary sulfonamides is 1. The normalized spacial score (nSPS) is 14.9. The molecule has 2 aromatic rings. The first kappa shape index (κ1) is 19.8. The molecule has 0 saturated carbocycles. The quantitative estimate of drug-likeness (QED) is 0.743. The van der Waals surface area contributed by atoms with E-state index in [0.29, 0.717) is 12.0 Å². The molecule has 3 rings (SSSR count). The molecular weight excluding hydrogens is 380 g/mol. The average molecular weight is 400 g/mol. The lowest BCUT2D eigenvalue weighted by Gasteiger charge is -2.15. The largest absolute Gasteiger partial charge is 0.502 e. The minimum absolute atomic E-state index is 0.00655. The molecule has 0 spiro atoms. The van der Waals surface area contributed by atoms with Gasteiger partial charge in [0.2, 0.25) is 10.0 Å². The molecule has 0 unspecified atom stereocenters. The van der Waals surface area contributed by atoms with Gasteiger partial charge in [0, 0.05) is 6.54 Å². The number of rotatable bonds is 5. The van der Waals surface area contributed by atoms with Gasteiger partial charge in [0.05, 0.1) is 10.5 Å². The van der Waals surface area contributed by atoms with E-state index in [2.05, 4.69) is 0 Å². The molecule has 0 bridgehead atoms. The molecule has 1 heterocycles. The third kappa shape index (κ3) is 3.69. The molecule has 28 heavy (non-hydrogen) atoms. The molecule has 0 radical (unpaired) electrons. The number of sulfonamides is 1. The van der Waals surface area contributed by atoms with Gasteiger partial charge in [-0.05, 0) is 49.1 Å². The highest BCUT2D eigenvalue weighted by Crippen LogP contribution is 2.30. The number of aliphatic hydroxyl groups excluding tert-OH is 1. The van der Waals surface area contributed by atoms with Crippen LogP contribution in [-0.4, -0.2) is 36.8 Å². The maximum Gasteiger partial charge on any atom is 0.296 e. The first-order valence-electron chi connectivity index (χ1n) is 8.58. The summed E-state index contributed by atoms with van der Waals surface area (Å²) in [4.78, 5) is 26.1. The highest BCUT2D eigenvalue weighted by Gasteiger charge is 2.39. The number of hydrogen-bond donors (Lipinski definition) is 2. The van der Waals surface area contributed by atoms with E-state index in [1.807, 2.05) is 26.0 Å². The van der Waals surface area contributed by atoms with E-state index in [-0.39, 0.29) is 17.0 Å². The van der Waals surface area contributed by atoms with Gasteiger partial charge < -0.3 is 5.11 Å². The summed E-state index contributed by atoms with van der Waals surface area (Å²) in [7, 11) is -3.78. The topological polar surface area (TPSA) is 118 Å². The lowest BCUT2D eigenvalue weighted by atomic mass is 9.98. The summed E-state index contributed by atoms with van der Waals surface area (Å²) in [6.07, 6.45) is 0.315. The van der Waals surface area contributed by atoms with Crippen LogP contribution >= 0.6 is 0 Å². The van der Waals surface area contributed by atoms with Gasteiger partial charge in [-0.2, -0.15) is 0 Å². The lowest BCUT2D eigenvalue weighted by molar-refractivity contribution is -0.138. The number of benzene rings is 2. The van der Waals surface area contributed by atoms with Gasteiger partial charge in [-0.25, -0.2) is 13.6 Å². The highest BCUT2D eigenvalue weighted by molar-refractivity contribution is 7.89. The van der Waals surface area contributed by atoms with Crippen LogP contribution in [0.1, 0.15) is 22.3 Å². The fraction of sp³-hybridized carbons (Fsp3) is 0.200. The monoisotopic (exact) mass is 400 g/mol. The Labute approximate surface area is 163 Å². The Balaban J connectivity index is 1.78. The van der Waals surface area contributed by atoms with E-state index in [4.69, 9.17) is 5.14 Å². The number of aliphatic hydroxyl groups is 1. The molecule has 0 saturated heterocycles. The zero-order valence-electron chi connectivity index (χ0n) is 15.5. The summed E-state index contributed by atoms with van der Waals surface area (Å²) in [5.41, 5.74) is 3.07. The van der Waals surface area contributed by atoms with Crippen molar-refractivity contribution in [2.24, 2.45) is 5.14 Å². The van der Waals surface area contributed by atoms with Crippen molar-refractivity contribution in [2.75, 3.05) is 6.54 Å². The molecule has 3 N–H and O–H groups in total. The van der Waals surface area contributed by atoms with Crippen molar-refractivity contribution < 1.29 is 23.1 Å². The van der Waals surface area contributed by atoms with Crippen molar-refractivity contribution in [2.45, 2.75) is 25.2 Å². The van der Waals surface area contributed by atoms with Crippen molar-refractivity contribution in [1.29, 1.82) is 0 Å². The van der Waals surface area contributed by atoms with E-state index in [0.717, 1.165) is 21.6 Å². The van der Waals surface area contributed by atoms with Crippen molar-refractivity contribution >= 4 is 27.4 Å². The van der Waals surface area contributed by atoms with E-state index in [1.54, 1.807) is 18.2 Å². The van der Waals surface area contributed by atoms with Gasteiger partial charge in [-0.3, -0.25) is 14.5 Å². The van der Waals surface area contributed by atoms with Gasteiger partial charge >= 0.3 is 0 Å². The van der Waals surface area contributed by atoms with Gasteiger partial charge in [0.15, 0.2) is 5.76 Å². The predicted octanol–water partition coefficient (Wildman–Crippen LogP) is 1.83. The number of nitrogens with zero attached hydrogens (tertiary/aromatic N) is 1. The third-order valence-corrected chi connectivity index (χ3v) is 5.60. The molecule has 0 atom stereocenters. The van der Waals surface area contributed by atoms with Crippen LogP contribution in [-0.2, 0) is 26.0 Å². The molecule has 2 aromatic carbocycles. The average Bonchev–Trinajstić information content (AvgIpc) is 2.83. The van der Waals surface area contributed by atoms with Crippen molar-refractivity contribution in [1.82, 2.24) is 4.90 Å². The van der Waals surface area contributed by atoms with E-state index in [1.165, 1.54) is 12.1 Å². The van der Waals surface area contributed by atoms with Crippen LogP contribution in [0.4, 0.5) is 0 Å². The number of amides is 2. The van der Waals surface area contributed by atoms with Crippen LogP contribution in [0.25, 0.3) is 5.57 Å². The van der Waals surface area contributed by atoms with Gasteiger partial charge in [-0.1, -0.05) is 35.9 Å². The minimum Gasteiger partial charge on any atom is -0.502 e. The second-order valence-electron chi connectivity index (χ2n) is 6.74. The number of carbonyl (C=O) groups is 2. The van der Waals surface area contributed by atoms with Crippen LogP contribution in [0.3, 0.4) is 0 Å². The van der Waals surface area contributed by atoms with Gasteiger partial charge in [0.25, 0.3) is 11.8 Å². The standard InChI is InChI=1S/C20H20N2O5S/c1-12-3-8-16(13(2)11-12)17-18(23)20(25)22(19(17)24)10-9-14-4-6-15(7-5-14)28(21,26)27/h3-8,11,23H,9-10H2,1-2H3,(H2,21,26,27). The van der Waals surface area contributed by atoms with Crippen molar-refractivity contribution in [3.8, 4) is 0 Å². The second kappa shape index (κ2) is 7.21. The fourth-order valence-corrected chi connectivity index (χ4v) is 3.71. The summed E-state index contributed by atoms with van der Waals surface area (Å²) in [5.74, 6) is -1.83. The first-order valence-corrected chi connectivity index (χ1v) is 10.1. The van der Waals surface area contributed by atoms with Crippen LogP contribution < -0.4 is 5.14 Å². The summed E-state index contributed by atoms with van der Waals surface area (Å²) < 4.78 is 22.6. The zero-order chi connectivity index (χ0) is 20.6. The Morgan fingerprint density at radius 1 is 1.00 bits per heavy atom. The Kier molecular flexibility index (Phi) is 5.10. The number of carbonyl (C=O) groups excluding carboxylic acids is 2. The van der Waals surface area contributed by atoms with Crippen LogP contribution in [0.5, 0.6) is 0 Å². The summed E-state index contributed by atoms with van der Waals surface area (Å²) in [6, 6.07) is 11.3. The Hall–Kier alpha value is -2.97. The predicted molar refractivity (Wildman–Crippen MR) is 104 cm³/mol. The third-order valence-electron chi connectivity index (χ3n) is 4.67. The molecule has 0 aromatic heterocycles. The number of hydrogen-bond acceptors (Lipinski definition) is 5. The maximum atomic E-state index is 12.8. The summed E-state index contributed by atoms with van der Waals surface area (Å²) in [6.45, 7) is 3.79. The molecule has 2 amide bonds. The SMILES string of the molecule is Cc1ccc(C2=C(O)C(=O)N(CCc3ccc(S(N)(=O)=O)cc3)C2=O)c(C)c1. The maximum absolute atomic E-state index is 12.8. The van der Waals surface area contributed by atoms with Crippen molar-refractivity contribution in [3.63, 3.8) is 0 Å². The molecular formula is C20H20N2O5S. The Morgan fingerprint density at radius 3 is 2.21 bits per heavy atom. The van der Waals surface area contributed by atoms with Crippen molar-refractivity contribution in [3.05, 3.63) is 70.5 Å². The molecule has 7 nitrogen and oxygen atoms in total. The highest BCUT2D eigenvalue weighted by atomic mass is 32.2. The number of nitrogens with two attached hydrogens (primary N) is 1. The lowest BCUT2D eigenvalue weighted by Crippen LogP contribution is -2.33. The first-order chi connectivity index (χ1) is 13.1. The zero-order valence-corrected chi connectivity index (χ0v) is 16.3. The minimum atomic E-state index is -3.78. The molecule has 1 aliphatic rings. The number of imide groups is 1. The number of aryl methyl sites for hydroxylation is 2. The molecule has 0 fully saturated rings. The molecule has 8 heteroatoms. The smallest absolute Gasteiger partial charge is 0.296 e. The van der Waals surface area contributed by atoms with E-state index < -0.39 is 27.6 Å². The van der Waals surface area contributed by atoms with Gasteiger partial charge in [0.1, 0.15) is 0 Å². The van der Waals surface area contributed by atoms with Gasteiger partial charge in [-0.15, -0.1) is 0 Å². The summed E-state index contributed by atoms with van der Waals surface area (Å²) >= 11 is 0. The Bertz CT molecular complexity index is 1100. The molecule has 146 valence electrons. The second-order valence-corrected chi connectivity index (χ2v) is 8.30. The van der Waals surface area contributed by atoms with E-state index in [9.17, 15) is 23.1 Å². The molecule has 0 aliphatic carbocycles. The van der Waals surface area contributed by atoms with Crippen LogP contribution in [0.15, 0.2) is 53.1 Å². The van der Waals surface area contributed by atoms with Crippen LogP contribution in [0.2, 0.25) is 0 Å². The Morgan fingerprint density at radius 2 is 1.64 bits per heavy atom. The van der Waals surface area contributed by atoms with E-state index >= 15 is 0 Å². The van der Waals surface area contributed by atoms with Crippen LogP contribution in [0, 0.1) is 13.8 Å².